The van der Waals surface area contributed by atoms with Crippen LogP contribution in [0.5, 0.6) is 0 Å². The molecule has 0 bridgehead atoms. The molecular formula is C10H11ClFNO5S2. The van der Waals surface area contributed by atoms with Crippen LogP contribution in [0.2, 0.25) is 0 Å². The quantitative estimate of drug-likeness (QED) is 0.817. The molecule has 112 valence electrons. The first kappa shape index (κ1) is 15.6. The molecule has 1 aromatic rings. The summed E-state index contributed by atoms with van der Waals surface area (Å²) in [5.41, 5.74) is 0. The molecule has 1 aliphatic rings. The first-order valence-corrected chi connectivity index (χ1v) is 9.34. The fourth-order valence-corrected chi connectivity index (χ4v) is 3.84. The second kappa shape index (κ2) is 5.57. The Morgan fingerprint density at radius 1 is 1.30 bits per heavy atom. The van der Waals surface area contributed by atoms with Crippen LogP contribution in [0.25, 0.3) is 0 Å². The average Bonchev–Trinajstić information content (AvgIpc) is 2.79. The normalized spacial score (nSPS) is 20.2. The Bertz CT molecular complexity index is 713. The summed E-state index contributed by atoms with van der Waals surface area (Å²) >= 11 is 0. The molecule has 1 fully saturated rings. The first-order valence-electron chi connectivity index (χ1n) is 5.54. The summed E-state index contributed by atoms with van der Waals surface area (Å²) in [4.78, 5) is -1.13. The van der Waals surface area contributed by atoms with Crippen molar-refractivity contribution in [1.82, 2.24) is 4.72 Å². The number of hydrogen-bond acceptors (Lipinski definition) is 5. The summed E-state index contributed by atoms with van der Waals surface area (Å²) < 4.78 is 67.1. The van der Waals surface area contributed by atoms with Gasteiger partial charge in [-0.3, -0.25) is 0 Å². The average molecular weight is 344 g/mol. The van der Waals surface area contributed by atoms with Crippen LogP contribution >= 0.6 is 10.7 Å². The molecule has 0 saturated carbocycles. The molecule has 2 rings (SSSR count). The molecule has 1 heterocycles. The molecule has 1 unspecified atom stereocenters. The molecule has 0 spiro atoms. The largest absolute Gasteiger partial charge is 0.380 e. The molecule has 0 amide bonds. The van der Waals surface area contributed by atoms with Crippen molar-refractivity contribution < 1.29 is 26.0 Å². The van der Waals surface area contributed by atoms with E-state index in [0.29, 0.717) is 19.1 Å². The highest BCUT2D eigenvalue weighted by molar-refractivity contribution is 8.13. The Morgan fingerprint density at radius 2 is 2.00 bits per heavy atom. The maximum absolute atomic E-state index is 13.8. The third kappa shape index (κ3) is 3.47. The van der Waals surface area contributed by atoms with Gasteiger partial charge in [0.2, 0.25) is 10.0 Å². The van der Waals surface area contributed by atoms with Gasteiger partial charge in [0.15, 0.2) is 0 Å². The molecule has 0 radical (unpaired) electrons. The van der Waals surface area contributed by atoms with Crippen LogP contribution in [0.1, 0.15) is 6.42 Å². The van der Waals surface area contributed by atoms with Crippen LogP contribution in [0.3, 0.4) is 0 Å². The third-order valence-corrected chi connectivity index (χ3v) is 5.63. The Labute approximate surface area is 120 Å². The molecule has 0 aliphatic carbocycles. The van der Waals surface area contributed by atoms with E-state index in [0.717, 1.165) is 12.1 Å². The zero-order chi connectivity index (χ0) is 15.0. The maximum atomic E-state index is 13.8. The van der Waals surface area contributed by atoms with Gasteiger partial charge in [0.05, 0.1) is 11.5 Å². The topological polar surface area (TPSA) is 89.5 Å². The minimum atomic E-state index is -4.11. The fraction of sp³-hybridized carbons (Fsp3) is 0.400. The van der Waals surface area contributed by atoms with Gasteiger partial charge in [-0.2, -0.15) is 0 Å². The molecule has 1 saturated heterocycles. The number of hydrogen-bond donors (Lipinski definition) is 1. The summed E-state index contributed by atoms with van der Waals surface area (Å²) in [6, 6.07) is 1.95. The van der Waals surface area contributed by atoms with Crippen molar-refractivity contribution in [3.05, 3.63) is 24.0 Å². The van der Waals surface area contributed by atoms with E-state index in [1.165, 1.54) is 0 Å². The number of halogens is 2. The van der Waals surface area contributed by atoms with Crippen molar-refractivity contribution in [2.45, 2.75) is 22.3 Å². The van der Waals surface area contributed by atoms with Gasteiger partial charge in [-0.25, -0.2) is 25.9 Å². The molecule has 1 aliphatic heterocycles. The Morgan fingerprint density at radius 3 is 2.50 bits per heavy atom. The maximum Gasteiger partial charge on any atom is 0.261 e. The lowest BCUT2D eigenvalue weighted by molar-refractivity contribution is 0.192. The zero-order valence-electron chi connectivity index (χ0n) is 10.0. The van der Waals surface area contributed by atoms with E-state index in [4.69, 9.17) is 15.4 Å². The van der Waals surface area contributed by atoms with E-state index in [-0.39, 0.29) is 6.61 Å². The summed E-state index contributed by atoms with van der Waals surface area (Å²) in [5, 5.41) is 0. The van der Waals surface area contributed by atoms with E-state index in [1.54, 1.807) is 0 Å². The van der Waals surface area contributed by atoms with Crippen molar-refractivity contribution in [2.24, 2.45) is 0 Å². The van der Waals surface area contributed by atoms with Crippen molar-refractivity contribution in [2.75, 3.05) is 13.2 Å². The van der Waals surface area contributed by atoms with Crippen LogP contribution < -0.4 is 4.72 Å². The summed E-state index contributed by atoms with van der Waals surface area (Å²) in [5.74, 6) is -1.18. The molecule has 20 heavy (non-hydrogen) atoms. The highest BCUT2D eigenvalue weighted by atomic mass is 35.7. The van der Waals surface area contributed by atoms with Crippen LogP contribution in [0.15, 0.2) is 28.0 Å². The predicted octanol–water partition coefficient (Wildman–Crippen LogP) is 0.820. The van der Waals surface area contributed by atoms with Crippen molar-refractivity contribution in [3.63, 3.8) is 0 Å². The standard InChI is InChI=1S/C10H11ClFNO5S2/c11-19(14,15)8-1-2-10(9(12)5-8)20(16,17)13-7-3-4-18-6-7/h1-2,5,7,13H,3-4,6H2. The van der Waals surface area contributed by atoms with Gasteiger partial charge < -0.3 is 4.74 Å². The summed E-state index contributed by atoms with van der Waals surface area (Å²) in [6.45, 7) is 0.647. The fourth-order valence-electron chi connectivity index (χ4n) is 1.76. The summed E-state index contributed by atoms with van der Waals surface area (Å²) in [6.07, 6.45) is 0.495. The lowest BCUT2D eigenvalue weighted by Gasteiger charge is -2.12. The van der Waals surface area contributed by atoms with E-state index in [1.807, 2.05) is 0 Å². The monoisotopic (exact) mass is 343 g/mol. The molecule has 1 aromatic carbocycles. The Kier molecular flexibility index (Phi) is 4.35. The van der Waals surface area contributed by atoms with Gasteiger partial charge in [-0.15, -0.1) is 0 Å². The minimum Gasteiger partial charge on any atom is -0.380 e. The SMILES string of the molecule is O=S(=O)(Cl)c1ccc(S(=O)(=O)NC2CCOC2)c(F)c1. The van der Waals surface area contributed by atoms with E-state index >= 15 is 0 Å². The van der Waals surface area contributed by atoms with E-state index in [2.05, 4.69) is 4.72 Å². The first-order chi connectivity index (χ1) is 9.20. The van der Waals surface area contributed by atoms with Gasteiger partial charge in [0.1, 0.15) is 10.7 Å². The van der Waals surface area contributed by atoms with Crippen LogP contribution in [-0.4, -0.2) is 36.1 Å². The highest BCUT2D eigenvalue weighted by Gasteiger charge is 2.26. The summed E-state index contributed by atoms with van der Waals surface area (Å²) in [7, 11) is -3.13. The van der Waals surface area contributed by atoms with Gasteiger partial charge in [0, 0.05) is 23.3 Å². The van der Waals surface area contributed by atoms with Crippen molar-refractivity contribution >= 4 is 29.8 Å². The van der Waals surface area contributed by atoms with Crippen LogP contribution in [0.4, 0.5) is 4.39 Å². The Balaban J connectivity index is 2.32. The molecule has 1 N–H and O–H groups in total. The molecule has 6 nitrogen and oxygen atoms in total. The lowest BCUT2D eigenvalue weighted by atomic mass is 10.3. The number of ether oxygens (including phenoxy) is 1. The molecule has 10 heteroatoms. The second-order valence-electron chi connectivity index (χ2n) is 4.21. The zero-order valence-corrected chi connectivity index (χ0v) is 12.4. The highest BCUT2D eigenvalue weighted by Crippen LogP contribution is 2.22. The third-order valence-electron chi connectivity index (χ3n) is 2.73. The van der Waals surface area contributed by atoms with Gasteiger partial charge in [-0.05, 0) is 24.6 Å². The number of rotatable bonds is 4. The predicted molar refractivity (Wildman–Crippen MR) is 69.0 cm³/mol. The number of benzene rings is 1. The van der Waals surface area contributed by atoms with E-state index in [9.17, 15) is 21.2 Å². The lowest BCUT2D eigenvalue weighted by Crippen LogP contribution is -2.35. The van der Waals surface area contributed by atoms with Gasteiger partial charge in [0.25, 0.3) is 9.05 Å². The smallest absolute Gasteiger partial charge is 0.261 e. The minimum absolute atomic E-state index is 0.217. The van der Waals surface area contributed by atoms with Gasteiger partial charge >= 0.3 is 0 Å². The van der Waals surface area contributed by atoms with Crippen LogP contribution in [0, 0.1) is 5.82 Å². The number of sulfonamides is 1. The number of nitrogens with one attached hydrogen (secondary N) is 1. The van der Waals surface area contributed by atoms with Crippen molar-refractivity contribution in [3.8, 4) is 0 Å². The Hall–Kier alpha value is -0.740. The van der Waals surface area contributed by atoms with Crippen molar-refractivity contribution in [1.29, 1.82) is 0 Å². The van der Waals surface area contributed by atoms with Crippen LogP contribution in [-0.2, 0) is 23.8 Å². The van der Waals surface area contributed by atoms with Gasteiger partial charge in [-0.1, -0.05) is 0 Å². The van der Waals surface area contributed by atoms with E-state index < -0.39 is 40.7 Å². The molecule has 1 atom stereocenters. The second-order valence-corrected chi connectivity index (χ2v) is 8.46. The molecular weight excluding hydrogens is 333 g/mol. The molecule has 0 aromatic heterocycles.